The molecule has 0 aromatic heterocycles. The second kappa shape index (κ2) is 7.29. The van der Waals surface area contributed by atoms with E-state index < -0.39 is 0 Å². The molecular weight excluding hydrogens is 198 g/mol. The fourth-order valence-corrected chi connectivity index (χ4v) is 1.78. The van der Waals surface area contributed by atoms with E-state index in [4.69, 9.17) is 10.5 Å². The molecule has 0 saturated carbocycles. The van der Waals surface area contributed by atoms with E-state index >= 15 is 0 Å². The molecule has 0 fully saturated rings. The van der Waals surface area contributed by atoms with Crippen LogP contribution in [0.2, 0.25) is 0 Å². The van der Waals surface area contributed by atoms with Crippen molar-refractivity contribution in [1.82, 2.24) is 0 Å². The highest BCUT2D eigenvalue weighted by molar-refractivity contribution is 5.20. The highest BCUT2D eigenvalue weighted by Crippen LogP contribution is 2.16. The van der Waals surface area contributed by atoms with Gasteiger partial charge in [0.2, 0.25) is 0 Å². The number of nitrogens with two attached hydrogens (primary N) is 1. The van der Waals surface area contributed by atoms with Crippen LogP contribution in [-0.2, 0) is 0 Å². The van der Waals surface area contributed by atoms with Crippen molar-refractivity contribution in [1.29, 1.82) is 0 Å². The summed E-state index contributed by atoms with van der Waals surface area (Å²) in [6, 6.07) is 9.96. The Balaban J connectivity index is 2.16. The van der Waals surface area contributed by atoms with Crippen LogP contribution in [0.3, 0.4) is 0 Å². The Kier molecular flexibility index (Phi) is 5.94. The third kappa shape index (κ3) is 4.67. The van der Waals surface area contributed by atoms with E-state index in [1.807, 2.05) is 30.3 Å². The molecule has 90 valence electrons. The Labute approximate surface area is 98.8 Å². The van der Waals surface area contributed by atoms with E-state index in [9.17, 15) is 0 Å². The highest BCUT2D eigenvalue weighted by Gasteiger charge is 2.10. The molecule has 0 amide bonds. The number of hydrogen-bond acceptors (Lipinski definition) is 2. The van der Waals surface area contributed by atoms with Crippen LogP contribution in [0.1, 0.15) is 26.7 Å². The van der Waals surface area contributed by atoms with Crippen molar-refractivity contribution >= 4 is 0 Å². The van der Waals surface area contributed by atoms with E-state index in [-0.39, 0.29) is 0 Å². The molecule has 0 aliphatic rings. The summed E-state index contributed by atoms with van der Waals surface area (Å²) in [6.45, 7) is 6.03. The summed E-state index contributed by atoms with van der Waals surface area (Å²) in [5, 5.41) is 0. The van der Waals surface area contributed by atoms with Gasteiger partial charge < -0.3 is 10.5 Å². The van der Waals surface area contributed by atoms with Gasteiger partial charge in [-0.15, -0.1) is 0 Å². The molecule has 1 aromatic carbocycles. The minimum atomic E-state index is 0.624. The summed E-state index contributed by atoms with van der Waals surface area (Å²) in [7, 11) is 0. The number of hydrogen-bond donors (Lipinski definition) is 1. The zero-order chi connectivity index (χ0) is 11.8. The molecule has 1 atom stereocenters. The Bertz CT molecular complexity index is 271. The van der Waals surface area contributed by atoms with Crippen molar-refractivity contribution in [2.45, 2.75) is 26.7 Å². The molecule has 0 saturated heterocycles. The quantitative estimate of drug-likeness (QED) is 0.718. The fraction of sp³-hybridized carbons (Fsp3) is 0.571. The average Bonchev–Trinajstić information content (AvgIpc) is 2.30. The van der Waals surface area contributed by atoms with Crippen LogP contribution in [-0.4, -0.2) is 13.2 Å². The van der Waals surface area contributed by atoms with Gasteiger partial charge in [-0.2, -0.15) is 0 Å². The lowest BCUT2D eigenvalue weighted by Gasteiger charge is -2.18. The molecule has 0 heterocycles. The van der Waals surface area contributed by atoms with Crippen molar-refractivity contribution < 1.29 is 4.74 Å². The van der Waals surface area contributed by atoms with Crippen LogP contribution in [0, 0.1) is 11.8 Å². The van der Waals surface area contributed by atoms with Gasteiger partial charge in [0.25, 0.3) is 0 Å². The number of ether oxygens (including phenoxy) is 1. The van der Waals surface area contributed by atoms with E-state index in [0.29, 0.717) is 11.8 Å². The molecule has 0 aliphatic heterocycles. The normalized spacial score (nSPS) is 12.8. The summed E-state index contributed by atoms with van der Waals surface area (Å²) in [6.07, 6.45) is 2.23. The monoisotopic (exact) mass is 221 g/mol. The van der Waals surface area contributed by atoms with Crippen molar-refractivity contribution in [3.63, 3.8) is 0 Å². The molecular formula is C14H23NO. The molecule has 1 aromatic rings. The van der Waals surface area contributed by atoms with Gasteiger partial charge in [0.1, 0.15) is 5.75 Å². The van der Waals surface area contributed by atoms with Crippen molar-refractivity contribution in [3.8, 4) is 5.75 Å². The first-order valence-corrected chi connectivity index (χ1v) is 6.12. The second-order valence-corrected chi connectivity index (χ2v) is 4.54. The molecule has 0 radical (unpaired) electrons. The first kappa shape index (κ1) is 13.0. The first-order valence-electron chi connectivity index (χ1n) is 6.12. The molecule has 16 heavy (non-hydrogen) atoms. The predicted molar refractivity (Wildman–Crippen MR) is 68.6 cm³/mol. The van der Waals surface area contributed by atoms with Crippen molar-refractivity contribution in [2.75, 3.05) is 13.2 Å². The molecule has 2 heteroatoms. The van der Waals surface area contributed by atoms with Crippen LogP contribution >= 0.6 is 0 Å². The smallest absolute Gasteiger partial charge is 0.119 e. The standard InChI is InChI=1S/C14H23NO/c1-12(2)13(11-15)7-6-10-16-14-8-4-3-5-9-14/h3-5,8-9,12-13H,6-7,10-11,15H2,1-2H3. The van der Waals surface area contributed by atoms with Crippen LogP contribution in [0.15, 0.2) is 30.3 Å². The van der Waals surface area contributed by atoms with Crippen LogP contribution in [0.4, 0.5) is 0 Å². The Hall–Kier alpha value is -1.02. The molecule has 0 spiro atoms. The Morgan fingerprint density at radius 3 is 2.44 bits per heavy atom. The van der Waals surface area contributed by atoms with Gasteiger partial charge in [0, 0.05) is 0 Å². The highest BCUT2D eigenvalue weighted by atomic mass is 16.5. The largest absolute Gasteiger partial charge is 0.494 e. The van der Waals surface area contributed by atoms with Gasteiger partial charge in [-0.1, -0.05) is 32.0 Å². The first-order chi connectivity index (χ1) is 7.74. The Morgan fingerprint density at radius 1 is 1.19 bits per heavy atom. The van der Waals surface area contributed by atoms with Gasteiger partial charge in [-0.3, -0.25) is 0 Å². The topological polar surface area (TPSA) is 35.2 Å². The van der Waals surface area contributed by atoms with E-state index in [1.165, 1.54) is 0 Å². The molecule has 2 N–H and O–H groups in total. The maximum atomic E-state index is 5.73. The lowest BCUT2D eigenvalue weighted by Crippen LogP contribution is -2.20. The molecule has 1 rings (SSSR count). The summed E-state index contributed by atoms with van der Waals surface area (Å²) in [5.41, 5.74) is 5.73. The molecule has 1 unspecified atom stereocenters. The Morgan fingerprint density at radius 2 is 1.88 bits per heavy atom. The van der Waals surface area contributed by atoms with Crippen LogP contribution in [0.25, 0.3) is 0 Å². The predicted octanol–water partition coefficient (Wildman–Crippen LogP) is 3.08. The fourth-order valence-electron chi connectivity index (χ4n) is 1.78. The maximum absolute atomic E-state index is 5.73. The van der Waals surface area contributed by atoms with Gasteiger partial charge in [-0.05, 0) is 43.4 Å². The minimum Gasteiger partial charge on any atom is -0.494 e. The van der Waals surface area contributed by atoms with E-state index in [2.05, 4.69) is 13.8 Å². The lowest BCUT2D eigenvalue weighted by molar-refractivity contribution is 0.275. The molecule has 2 nitrogen and oxygen atoms in total. The van der Waals surface area contributed by atoms with Gasteiger partial charge in [0.15, 0.2) is 0 Å². The van der Waals surface area contributed by atoms with Gasteiger partial charge in [-0.25, -0.2) is 0 Å². The van der Waals surface area contributed by atoms with E-state index in [1.54, 1.807) is 0 Å². The minimum absolute atomic E-state index is 0.624. The third-order valence-electron chi connectivity index (χ3n) is 2.98. The number of para-hydroxylation sites is 1. The summed E-state index contributed by atoms with van der Waals surface area (Å²) in [5.74, 6) is 2.25. The average molecular weight is 221 g/mol. The molecule has 0 aliphatic carbocycles. The summed E-state index contributed by atoms with van der Waals surface area (Å²) < 4.78 is 5.64. The number of rotatable bonds is 7. The number of benzene rings is 1. The van der Waals surface area contributed by atoms with Gasteiger partial charge in [0.05, 0.1) is 6.61 Å². The zero-order valence-corrected chi connectivity index (χ0v) is 10.4. The second-order valence-electron chi connectivity index (χ2n) is 4.54. The van der Waals surface area contributed by atoms with Crippen molar-refractivity contribution in [3.05, 3.63) is 30.3 Å². The van der Waals surface area contributed by atoms with E-state index in [0.717, 1.165) is 31.7 Å². The van der Waals surface area contributed by atoms with Crippen LogP contribution in [0.5, 0.6) is 5.75 Å². The SMILES string of the molecule is CC(C)C(CN)CCCOc1ccccc1. The van der Waals surface area contributed by atoms with Crippen molar-refractivity contribution in [2.24, 2.45) is 17.6 Å². The lowest BCUT2D eigenvalue weighted by atomic mass is 9.91. The van der Waals surface area contributed by atoms with Crippen LogP contribution < -0.4 is 10.5 Å². The third-order valence-corrected chi connectivity index (χ3v) is 2.98. The summed E-state index contributed by atoms with van der Waals surface area (Å²) >= 11 is 0. The van der Waals surface area contributed by atoms with Gasteiger partial charge >= 0.3 is 0 Å². The maximum Gasteiger partial charge on any atom is 0.119 e. The summed E-state index contributed by atoms with van der Waals surface area (Å²) in [4.78, 5) is 0. The molecule has 0 bridgehead atoms. The zero-order valence-electron chi connectivity index (χ0n) is 10.4.